The fourth-order valence-corrected chi connectivity index (χ4v) is 3.79. The van der Waals surface area contributed by atoms with Gasteiger partial charge in [-0.3, -0.25) is 4.79 Å². The Balaban J connectivity index is 1.96. The van der Waals surface area contributed by atoms with Crippen molar-refractivity contribution in [3.8, 4) is 0 Å². The second-order valence-corrected chi connectivity index (χ2v) is 7.47. The number of rotatable bonds is 8. The first-order chi connectivity index (χ1) is 11.0. The molecule has 1 N–H and O–H groups in total. The normalized spacial score (nSPS) is 12.2. The Hall–Kier alpha value is -1.54. The van der Waals surface area contributed by atoms with E-state index in [1.165, 1.54) is 29.2 Å². The molecule has 0 saturated heterocycles. The number of nitrogens with zero attached hydrogens (tertiary/aromatic N) is 2. The van der Waals surface area contributed by atoms with Crippen LogP contribution in [0.3, 0.4) is 0 Å². The van der Waals surface area contributed by atoms with Gasteiger partial charge >= 0.3 is 0 Å². The zero-order valence-electron chi connectivity index (χ0n) is 12.8. The molecule has 0 saturated carbocycles. The summed E-state index contributed by atoms with van der Waals surface area (Å²) in [5, 5.41) is 11.5. The number of carbonyl (C=O) groups is 1. The molecule has 0 amide bonds. The highest BCUT2D eigenvalue weighted by Gasteiger charge is 2.20. The number of nitrogens with one attached hydrogen (secondary N) is 1. The van der Waals surface area contributed by atoms with Gasteiger partial charge in [0.05, 0.1) is 5.25 Å². The molecule has 0 aliphatic carbocycles. The lowest BCUT2D eigenvalue weighted by Crippen LogP contribution is -2.13. The van der Waals surface area contributed by atoms with Gasteiger partial charge in [0.25, 0.3) is 0 Å². The maximum atomic E-state index is 13.2. The Kier molecular flexibility index (Phi) is 6.47. The summed E-state index contributed by atoms with van der Waals surface area (Å²) >= 11 is 2.63. The number of hydrogen-bond acceptors (Lipinski definition) is 6. The van der Waals surface area contributed by atoms with Crippen molar-refractivity contribution in [3.63, 3.8) is 0 Å². The van der Waals surface area contributed by atoms with Crippen LogP contribution < -0.4 is 5.32 Å². The predicted octanol–water partition coefficient (Wildman–Crippen LogP) is 4.39. The number of hydrogen-bond donors (Lipinski definition) is 1. The summed E-state index contributed by atoms with van der Waals surface area (Å²) in [5.41, 5.74) is 0.148. The second kappa shape index (κ2) is 8.35. The van der Waals surface area contributed by atoms with Gasteiger partial charge in [0, 0.05) is 12.1 Å². The highest BCUT2D eigenvalue weighted by molar-refractivity contribution is 8.02. The molecule has 4 nitrogen and oxygen atoms in total. The van der Waals surface area contributed by atoms with E-state index in [0.717, 1.165) is 31.5 Å². The number of ketones is 1. The second-order valence-electron chi connectivity index (χ2n) is 4.91. The third-order valence-corrected chi connectivity index (χ3v) is 5.13. The van der Waals surface area contributed by atoms with Crippen molar-refractivity contribution in [2.45, 2.75) is 36.3 Å². The van der Waals surface area contributed by atoms with E-state index in [4.69, 9.17) is 0 Å². The summed E-state index contributed by atoms with van der Waals surface area (Å²) < 4.78 is 26.8. The van der Waals surface area contributed by atoms with Crippen LogP contribution in [0.5, 0.6) is 0 Å². The van der Waals surface area contributed by atoms with Gasteiger partial charge in [-0.2, -0.15) is 0 Å². The number of aromatic nitrogens is 2. The number of thioether (sulfide) groups is 1. The molecule has 0 aliphatic heterocycles. The molecule has 23 heavy (non-hydrogen) atoms. The quantitative estimate of drug-likeness (QED) is 0.431. The Bertz CT molecular complexity index is 678. The maximum Gasteiger partial charge on any atom is 0.206 e. The molecule has 1 aromatic heterocycles. The molecule has 124 valence electrons. The van der Waals surface area contributed by atoms with E-state index in [9.17, 15) is 13.6 Å². The molecule has 1 aromatic carbocycles. The van der Waals surface area contributed by atoms with Crippen LogP contribution in [0, 0.1) is 11.6 Å². The first-order valence-electron chi connectivity index (χ1n) is 7.24. The van der Waals surface area contributed by atoms with Gasteiger partial charge in [-0.1, -0.05) is 36.4 Å². The van der Waals surface area contributed by atoms with Gasteiger partial charge in [0.2, 0.25) is 5.13 Å². The summed E-state index contributed by atoms with van der Waals surface area (Å²) in [6.07, 6.45) is 2.14. The zero-order chi connectivity index (χ0) is 16.8. The molecule has 1 heterocycles. The lowest BCUT2D eigenvalue weighted by Gasteiger charge is -2.08. The van der Waals surface area contributed by atoms with E-state index < -0.39 is 16.9 Å². The molecule has 2 rings (SSSR count). The predicted molar refractivity (Wildman–Crippen MR) is 89.3 cm³/mol. The van der Waals surface area contributed by atoms with Crippen LogP contribution in [-0.2, 0) is 0 Å². The van der Waals surface area contributed by atoms with Crippen molar-refractivity contribution in [3.05, 3.63) is 35.4 Å². The molecule has 0 fully saturated rings. The van der Waals surface area contributed by atoms with Gasteiger partial charge in [-0.15, -0.1) is 10.2 Å². The highest BCUT2D eigenvalue weighted by Crippen LogP contribution is 2.30. The summed E-state index contributed by atoms with van der Waals surface area (Å²) in [6.45, 7) is 4.65. The molecule has 0 bridgehead atoms. The average molecular weight is 357 g/mol. The fourth-order valence-electron chi connectivity index (χ4n) is 1.79. The summed E-state index contributed by atoms with van der Waals surface area (Å²) in [5.74, 6) is -2.26. The van der Waals surface area contributed by atoms with Crippen LogP contribution in [0.4, 0.5) is 13.9 Å². The molecule has 2 aromatic rings. The standard InChI is InChI=1S/C15H17F2N3OS2/c1-3-4-7-18-14-19-20-15(23-14)22-9(2)13(21)10-5-6-11(16)12(17)8-10/h5-6,8-9H,3-4,7H2,1-2H3,(H,18,19)/t9-/m1/s1. The number of Topliss-reactive ketones (excluding diaryl/α,β-unsaturated/α-hetero) is 1. The van der Waals surface area contributed by atoms with Gasteiger partial charge in [0.15, 0.2) is 21.8 Å². The number of halogens is 2. The first kappa shape index (κ1) is 17.8. The lowest BCUT2D eigenvalue weighted by molar-refractivity contribution is 0.0993. The summed E-state index contributed by atoms with van der Waals surface area (Å²) in [7, 11) is 0. The Morgan fingerprint density at radius 1 is 1.35 bits per heavy atom. The number of benzene rings is 1. The minimum atomic E-state index is -1.02. The maximum absolute atomic E-state index is 13.2. The molecule has 0 unspecified atom stereocenters. The van der Waals surface area contributed by atoms with E-state index in [1.54, 1.807) is 6.92 Å². The topological polar surface area (TPSA) is 54.9 Å². The third-order valence-electron chi connectivity index (χ3n) is 3.06. The fraction of sp³-hybridized carbons (Fsp3) is 0.400. The lowest BCUT2D eigenvalue weighted by atomic mass is 10.1. The van der Waals surface area contributed by atoms with E-state index in [0.29, 0.717) is 9.47 Å². The van der Waals surface area contributed by atoms with Crippen molar-refractivity contribution >= 4 is 34.0 Å². The largest absolute Gasteiger partial charge is 0.360 e. The summed E-state index contributed by atoms with van der Waals surface area (Å²) in [4.78, 5) is 12.3. The molecule has 0 radical (unpaired) electrons. The van der Waals surface area contributed by atoms with Gasteiger partial charge < -0.3 is 5.32 Å². The van der Waals surface area contributed by atoms with Crippen LogP contribution in [0.2, 0.25) is 0 Å². The number of carbonyl (C=O) groups excluding carboxylic acids is 1. The van der Waals surface area contributed by atoms with Crippen LogP contribution in [0.15, 0.2) is 22.5 Å². The van der Waals surface area contributed by atoms with E-state index in [1.807, 2.05) is 0 Å². The monoisotopic (exact) mass is 357 g/mol. The average Bonchev–Trinajstić information content (AvgIpc) is 2.97. The summed E-state index contributed by atoms with van der Waals surface area (Å²) in [6, 6.07) is 3.17. The van der Waals surface area contributed by atoms with Crippen LogP contribution in [0.25, 0.3) is 0 Å². The third kappa shape index (κ3) is 4.97. The Labute approximate surface area is 141 Å². The number of anilines is 1. The molecule has 0 spiro atoms. The molecular weight excluding hydrogens is 340 g/mol. The Morgan fingerprint density at radius 3 is 2.83 bits per heavy atom. The van der Waals surface area contributed by atoms with Crippen molar-refractivity contribution < 1.29 is 13.6 Å². The van der Waals surface area contributed by atoms with Crippen molar-refractivity contribution in [1.82, 2.24) is 10.2 Å². The zero-order valence-corrected chi connectivity index (χ0v) is 14.4. The van der Waals surface area contributed by atoms with Crippen LogP contribution in [-0.4, -0.2) is 27.8 Å². The smallest absolute Gasteiger partial charge is 0.206 e. The minimum absolute atomic E-state index is 0.148. The molecule has 1 atom stereocenters. The SMILES string of the molecule is CCCCNc1nnc(S[C@H](C)C(=O)c2ccc(F)c(F)c2)s1. The number of unbranched alkanes of at least 4 members (excludes halogenated alkanes) is 1. The van der Waals surface area contributed by atoms with Crippen molar-refractivity contribution in [1.29, 1.82) is 0 Å². The van der Waals surface area contributed by atoms with Gasteiger partial charge in [-0.05, 0) is 31.5 Å². The van der Waals surface area contributed by atoms with Crippen molar-refractivity contribution in [2.75, 3.05) is 11.9 Å². The molecule has 0 aliphatic rings. The Morgan fingerprint density at radius 2 is 2.13 bits per heavy atom. The molecule has 8 heteroatoms. The first-order valence-corrected chi connectivity index (χ1v) is 8.94. The van der Waals surface area contributed by atoms with Crippen LogP contribution >= 0.6 is 23.1 Å². The van der Waals surface area contributed by atoms with Gasteiger partial charge in [0.1, 0.15) is 0 Å². The van der Waals surface area contributed by atoms with E-state index in [-0.39, 0.29) is 11.3 Å². The minimum Gasteiger partial charge on any atom is -0.360 e. The van der Waals surface area contributed by atoms with Crippen molar-refractivity contribution in [2.24, 2.45) is 0 Å². The van der Waals surface area contributed by atoms with E-state index in [2.05, 4.69) is 22.4 Å². The molecular formula is C15H17F2N3OS2. The highest BCUT2D eigenvalue weighted by atomic mass is 32.2. The van der Waals surface area contributed by atoms with Crippen LogP contribution in [0.1, 0.15) is 37.0 Å². The van der Waals surface area contributed by atoms with Gasteiger partial charge in [-0.25, -0.2) is 8.78 Å². The van der Waals surface area contributed by atoms with E-state index >= 15 is 0 Å².